The topological polar surface area (TPSA) is 104 Å². The summed E-state index contributed by atoms with van der Waals surface area (Å²) in [6.07, 6.45) is 3.84. The lowest BCUT2D eigenvalue weighted by molar-refractivity contribution is -1.00. The molecule has 0 spiro atoms. The predicted octanol–water partition coefficient (Wildman–Crippen LogP) is 5.91. The van der Waals surface area contributed by atoms with Crippen molar-refractivity contribution in [3.63, 3.8) is 0 Å². The molecule has 220 valence electrons. The molecule has 0 radical (unpaired) electrons. The van der Waals surface area contributed by atoms with Crippen LogP contribution in [0.1, 0.15) is 62.1 Å². The van der Waals surface area contributed by atoms with Crippen molar-refractivity contribution in [2.24, 2.45) is 0 Å². The summed E-state index contributed by atoms with van der Waals surface area (Å²) >= 11 is 0. The molecule has 1 aliphatic rings. The van der Waals surface area contributed by atoms with E-state index in [9.17, 15) is 13.9 Å². The fourth-order valence-corrected chi connectivity index (χ4v) is 5.41. The van der Waals surface area contributed by atoms with E-state index in [4.69, 9.17) is 24.5 Å². The number of hydrogen-bond acceptors (Lipinski definition) is 4. The van der Waals surface area contributed by atoms with Crippen molar-refractivity contribution >= 4 is 11.9 Å². The maximum Gasteiger partial charge on any atom is 0.414 e. The number of piperidine rings is 1. The number of benzene rings is 3. The normalized spacial score (nSPS) is 14.6. The second kappa shape index (κ2) is 14.2. The number of carboxylic acid groups (broad SMARTS) is 2. The van der Waals surface area contributed by atoms with Gasteiger partial charge in [-0.25, -0.2) is 18.4 Å². The quantitative estimate of drug-likeness (QED) is 0.168. The van der Waals surface area contributed by atoms with Crippen molar-refractivity contribution < 1.29 is 42.9 Å². The van der Waals surface area contributed by atoms with Gasteiger partial charge in [0, 0.05) is 17.5 Å². The van der Waals surface area contributed by atoms with Gasteiger partial charge in [0.15, 0.2) is 0 Å². The van der Waals surface area contributed by atoms with Crippen LogP contribution in [0.3, 0.4) is 0 Å². The monoisotopic (exact) mass is 570 g/mol. The second-order valence-corrected chi connectivity index (χ2v) is 10.6. The van der Waals surface area contributed by atoms with E-state index < -0.39 is 17.7 Å². The number of carbonyl (C=O) groups is 2. The molecule has 3 aromatic rings. The zero-order valence-corrected chi connectivity index (χ0v) is 23.4. The Balaban J connectivity index is 0.000000696. The summed E-state index contributed by atoms with van der Waals surface area (Å²) in [6, 6.07) is 20.4. The molecular formula is C32H38F2NO6+. The first kappa shape index (κ1) is 31.7. The third-order valence-electron chi connectivity index (χ3n) is 7.58. The summed E-state index contributed by atoms with van der Waals surface area (Å²) in [5, 5.41) is 27.3. The molecule has 0 aromatic heterocycles. The maximum absolute atomic E-state index is 13.8. The molecule has 1 aliphatic heterocycles. The third-order valence-corrected chi connectivity index (χ3v) is 7.58. The van der Waals surface area contributed by atoms with Crippen LogP contribution in [-0.4, -0.2) is 58.0 Å². The second-order valence-electron chi connectivity index (χ2n) is 10.6. The summed E-state index contributed by atoms with van der Waals surface area (Å²) in [5.41, 5.74) is 1.11. The van der Waals surface area contributed by atoms with Gasteiger partial charge in [-0.2, -0.15) is 0 Å². The minimum atomic E-state index is -1.82. The van der Waals surface area contributed by atoms with E-state index in [1.165, 1.54) is 29.8 Å². The van der Waals surface area contributed by atoms with Crippen LogP contribution in [0.25, 0.3) is 0 Å². The van der Waals surface area contributed by atoms with Gasteiger partial charge in [-0.3, -0.25) is 4.48 Å². The number of aliphatic hydroxyl groups is 1. The number of aliphatic carboxylic acids is 2. The molecule has 0 atom stereocenters. The molecule has 1 fully saturated rings. The molecule has 1 heterocycles. The highest BCUT2D eigenvalue weighted by molar-refractivity contribution is 6.27. The minimum absolute atomic E-state index is 0.350. The Hall–Kier alpha value is -3.82. The van der Waals surface area contributed by atoms with Gasteiger partial charge >= 0.3 is 11.9 Å². The number of quaternary nitrogens is 1. The molecule has 0 saturated carbocycles. The van der Waals surface area contributed by atoms with Crippen LogP contribution in [0, 0.1) is 11.6 Å². The largest absolute Gasteiger partial charge is 0.493 e. The average molecular weight is 571 g/mol. The van der Waals surface area contributed by atoms with Crippen molar-refractivity contribution in [1.29, 1.82) is 0 Å². The number of hydrogen-bond donors (Lipinski definition) is 3. The van der Waals surface area contributed by atoms with Crippen LogP contribution in [0.2, 0.25) is 0 Å². The molecule has 4 rings (SSSR count). The Bertz CT molecular complexity index is 1210. The van der Waals surface area contributed by atoms with Gasteiger partial charge in [-0.1, -0.05) is 26.0 Å². The van der Waals surface area contributed by atoms with E-state index in [2.05, 4.69) is 26.0 Å². The lowest BCUT2D eigenvalue weighted by Crippen LogP contribution is -2.65. The van der Waals surface area contributed by atoms with Crippen molar-refractivity contribution in [3.8, 4) is 5.75 Å². The molecule has 7 nitrogen and oxygen atoms in total. The van der Waals surface area contributed by atoms with E-state index in [-0.39, 0.29) is 11.6 Å². The Morgan fingerprint density at radius 2 is 1.27 bits per heavy atom. The van der Waals surface area contributed by atoms with Gasteiger partial charge in [0.25, 0.3) is 5.72 Å². The van der Waals surface area contributed by atoms with Crippen LogP contribution in [0.15, 0.2) is 72.8 Å². The van der Waals surface area contributed by atoms with Gasteiger partial charge in [0.1, 0.15) is 17.4 Å². The Morgan fingerprint density at radius 1 is 0.805 bits per heavy atom. The molecule has 41 heavy (non-hydrogen) atoms. The van der Waals surface area contributed by atoms with Crippen LogP contribution in [-0.2, 0) is 15.3 Å². The van der Waals surface area contributed by atoms with E-state index in [0.29, 0.717) is 34.7 Å². The lowest BCUT2D eigenvalue weighted by atomic mass is 9.87. The van der Waals surface area contributed by atoms with Gasteiger partial charge in [0.05, 0.1) is 26.2 Å². The third kappa shape index (κ3) is 7.89. The number of rotatable bonds is 9. The van der Waals surface area contributed by atoms with Crippen LogP contribution < -0.4 is 4.74 Å². The zero-order chi connectivity index (χ0) is 30.0. The highest BCUT2D eigenvalue weighted by Gasteiger charge is 2.52. The molecule has 3 N–H and O–H groups in total. The lowest BCUT2D eigenvalue weighted by Gasteiger charge is -2.52. The number of likely N-dealkylation sites (tertiary alicyclic amines) is 1. The summed E-state index contributed by atoms with van der Waals surface area (Å²) in [6.45, 7) is 7.13. The Morgan fingerprint density at radius 3 is 1.68 bits per heavy atom. The van der Waals surface area contributed by atoms with E-state index in [1.54, 1.807) is 24.3 Å². The summed E-state index contributed by atoms with van der Waals surface area (Å²) in [5.74, 6) is -3.03. The van der Waals surface area contributed by atoms with Gasteiger partial charge in [-0.15, -0.1) is 0 Å². The number of ether oxygens (including phenoxy) is 1. The molecule has 0 aliphatic carbocycles. The first-order valence-corrected chi connectivity index (χ1v) is 13.8. The fraction of sp³-hybridized carbons (Fsp3) is 0.375. The Labute approximate surface area is 239 Å². The highest BCUT2D eigenvalue weighted by atomic mass is 19.1. The van der Waals surface area contributed by atoms with Gasteiger partial charge in [0.2, 0.25) is 0 Å². The SMILES string of the molecule is CC(C)c1ccc(OCCC[N+]2(C(O)(c3ccc(F)cc3)c3ccc(F)cc3)CCCCC2)cc1.O=C(O)C(=O)O. The molecule has 1 saturated heterocycles. The van der Waals surface area contributed by atoms with Crippen molar-refractivity contribution in [2.75, 3.05) is 26.2 Å². The summed E-state index contributed by atoms with van der Waals surface area (Å²) < 4.78 is 34.0. The highest BCUT2D eigenvalue weighted by Crippen LogP contribution is 2.42. The van der Waals surface area contributed by atoms with Crippen LogP contribution in [0.5, 0.6) is 5.75 Å². The smallest absolute Gasteiger partial charge is 0.414 e. The Kier molecular flexibility index (Phi) is 11.0. The van der Waals surface area contributed by atoms with Crippen LogP contribution in [0.4, 0.5) is 8.78 Å². The molecule has 0 amide bonds. The minimum Gasteiger partial charge on any atom is -0.493 e. The zero-order valence-electron chi connectivity index (χ0n) is 23.4. The van der Waals surface area contributed by atoms with Crippen molar-refractivity contribution in [3.05, 3.63) is 101 Å². The van der Waals surface area contributed by atoms with Gasteiger partial charge in [-0.05, 0) is 91.4 Å². The fourth-order valence-electron chi connectivity index (χ4n) is 5.41. The van der Waals surface area contributed by atoms with E-state index >= 15 is 0 Å². The van der Waals surface area contributed by atoms with Crippen molar-refractivity contribution in [2.45, 2.75) is 51.2 Å². The number of nitrogens with zero attached hydrogens (tertiary/aromatic N) is 1. The first-order valence-electron chi connectivity index (χ1n) is 13.8. The van der Waals surface area contributed by atoms with Crippen molar-refractivity contribution in [1.82, 2.24) is 0 Å². The number of halogens is 2. The molecule has 0 bridgehead atoms. The van der Waals surface area contributed by atoms with E-state index in [1.807, 2.05) is 12.1 Å². The predicted molar refractivity (Wildman–Crippen MR) is 150 cm³/mol. The summed E-state index contributed by atoms with van der Waals surface area (Å²) in [4.78, 5) is 18.2. The van der Waals surface area contributed by atoms with Crippen LogP contribution >= 0.6 is 0 Å². The maximum atomic E-state index is 13.8. The molecule has 3 aromatic carbocycles. The molecule has 0 unspecified atom stereocenters. The average Bonchev–Trinajstić information content (AvgIpc) is 2.96. The molecular weight excluding hydrogens is 532 g/mol. The molecule has 9 heteroatoms. The summed E-state index contributed by atoms with van der Waals surface area (Å²) in [7, 11) is 0. The number of carboxylic acids is 2. The van der Waals surface area contributed by atoms with Gasteiger partial charge < -0.3 is 20.1 Å². The van der Waals surface area contributed by atoms with E-state index in [0.717, 1.165) is 44.5 Å². The standard InChI is InChI=1S/C30H36F2NO2.C2H2O4/c1-23(2)24-7-17-29(18-8-24)35-22-6-21-33(19-4-3-5-20-33)30(34,25-9-13-27(31)14-10-25)26-11-15-28(32)16-12-26;3-1(4)2(5)6/h7-18,23,34H,3-6,19-22H2,1-2H3;(H,3,4)(H,5,6)/q+1;. The first-order chi connectivity index (χ1) is 19.5.